The van der Waals surface area contributed by atoms with Gasteiger partial charge in [-0.2, -0.15) is 0 Å². The third-order valence-electron chi connectivity index (χ3n) is 3.44. The number of nitrogens with zero attached hydrogens (tertiary/aromatic N) is 1. The summed E-state index contributed by atoms with van der Waals surface area (Å²) in [6.07, 6.45) is 3.75. The van der Waals surface area contributed by atoms with Crippen molar-refractivity contribution in [1.29, 1.82) is 0 Å². The zero-order chi connectivity index (χ0) is 14.4. The average Bonchev–Trinajstić information content (AvgIpc) is 2.96. The van der Waals surface area contributed by atoms with Gasteiger partial charge in [0.15, 0.2) is 0 Å². The van der Waals surface area contributed by atoms with E-state index in [0.717, 1.165) is 25.1 Å². The van der Waals surface area contributed by atoms with Crippen LogP contribution in [0.4, 0.5) is 5.69 Å². The number of hydrogen-bond donors (Lipinski definition) is 1. The largest absolute Gasteiger partial charge is 0.469 e. The van der Waals surface area contributed by atoms with Crippen LogP contribution in [0.1, 0.15) is 30.7 Å². The van der Waals surface area contributed by atoms with E-state index < -0.39 is 0 Å². The first-order valence-corrected chi connectivity index (χ1v) is 7.23. The molecule has 2 rings (SSSR count). The van der Waals surface area contributed by atoms with E-state index in [-0.39, 0.29) is 0 Å². The van der Waals surface area contributed by atoms with E-state index in [9.17, 15) is 0 Å². The van der Waals surface area contributed by atoms with Crippen molar-refractivity contribution in [3.05, 3.63) is 54.0 Å². The molecule has 1 heterocycles. The summed E-state index contributed by atoms with van der Waals surface area (Å²) < 4.78 is 5.48. The SMILES string of the molecule is CCCNC(Cc1ccco1)c1ccc(N(C)C)cc1. The number of anilines is 1. The van der Waals surface area contributed by atoms with E-state index in [2.05, 4.69) is 55.5 Å². The van der Waals surface area contributed by atoms with Crippen LogP contribution in [-0.2, 0) is 6.42 Å². The highest BCUT2D eigenvalue weighted by Crippen LogP contribution is 2.21. The van der Waals surface area contributed by atoms with Crippen molar-refractivity contribution in [3.63, 3.8) is 0 Å². The lowest BCUT2D eigenvalue weighted by atomic mass is 10.0. The van der Waals surface area contributed by atoms with E-state index >= 15 is 0 Å². The molecule has 1 N–H and O–H groups in total. The quantitative estimate of drug-likeness (QED) is 0.834. The van der Waals surface area contributed by atoms with Crippen LogP contribution in [0, 0.1) is 0 Å². The fourth-order valence-electron chi connectivity index (χ4n) is 2.26. The third-order valence-corrected chi connectivity index (χ3v) is 3.44. The third kappa shape index (κ3) is 3.87. The van der Waals surface area contributed by atoms with Gasteiger partial charge in [-0.1, -0.05) is 19.1 Å². The first-order valence-electron chi connectivity index (χ1n) is 7.23. The molecule has 1 aromatic heterocycles. The molecule has 0 bridgehead atoms. The van der Waals surface area contributed by atoms with Crippen molar-refractivity contribution in [2.24, 2.45) is 0 Å². The molecule has 1 unspecified atom stereocenters. The minimum atomic E-state index is 0.303. The summed E-state index contributed by atoms with van der Waals surface area (Å²) in [6.45, 7) is 3.20. The standard InChI is InChI=1S/C17H24N2O/c1-4-11-18-17(13-16-6-5-12-20-16)14-7-9-15(10-8-14)19(2)3/h5-10,12,17-18H,4,11,13H2,1-3H3. The molecular formula is C17H24N2O. The Bertz CT molecular complexity index is 488. The average molecular weight is 272 g/mol. The van der Waals surface area contributed by atoms with Gasteiger partial charge in [0, 0.05) is 32.2 Å². The Hall–Kier alpha value is -1.74. The molecule has 3 nitrogen and oxygen atoms in total. The molecule has 0 aliphatic rings. The van der Waals surface area contributed by atoms with Gasteiger partial charge in [-0.05, 0) is 42.8 Å². The lowest BCUT2D eigenvalue weighted by molar-refractivity contribution is 0.449. The number of nitrogens with one attached hydrogen (secondary N) is 1. The predicted molar refractivity (Wildman–Crippen MR) is 84.2 cm³/mol. The molecule has 0 saturated carbocycles. The zero-order valence-corrected chi connectivity index (χ0v) is 12.6. The van der Waals surface area contributed by atoms with Crippen molar-refractivity contribution in [2.75, 3.05) is 25.5 Å². The second-order valence-electron chi connectivity index (χ2n) is 5.28. The number of hydrogen-bond acceptors (Lipinski definition) is 3. The molecule has 3 heteroatoms. The maximum atomic E-state index is 5.48. The smallest absolute Gasteiger partial charge is 0.105 e. The fourth-order valence-corrected chi connectivity index (χ4v) is 2.26. The lowest BCUT2D eigenvalue weighted by Gasteiger charge is -2.19. The summed E-state index contributed by atoms with van der Waals surface area (Å²) in [6, 6.07) is 13.0. The van der Waals surface area contributed by atoms with Crippen molar-refractivity contribution in [3.8, 4) is 0 Å². The van der Waals surface area contributed by atoms with Gasteiger partial charge in [-0.3, -0.25) is 0 Å². The van der Waals surface area contributed by atoms with Gasteiger partial charge < -0.3 is 14.6 Å². The topological polar surface area (TPSA) is 28.4 Å². The van der Waals surface area contributed by atoms with Crippen LogP contribution in [0.5, 0.6) is 0 Å². The van der Waals surface area contributed by atoms with Gasteiger partial charge in [0.1, 0.15) is 5.76 Å². The monoisotopic (exact) mass is 272 g/mol. The van der Waals surface area contributed by atoms with E-state index in [1.54, 1.807) is 6.26 Å². The number of rotatable bonds is 7. The van der Waals surface area contributed by atoms with E-state index in [1.165, 1.54) is 11.3 Å². The molecule has 0 amide bonds. The maximum absolute atomic E-state index is 5.48. The van der Waals surface area contributed by atoms with Gasteiger partial charge in [0.2, 0.25) is 0 Å². The molecule has 0 aliphatic carbocycles. The summed E-state index contributed by atoms with van der Waals surface area (Å²) in [5, 5.41) is 3.60. The Morgan fingerprint density at radius 3 is 2.45 bits per heavy atom. The second kappa shape index (κ2) is 7.15. The molecule has 0 fully saturated rings. The highest BCUT2D eigenvalue weighted by Gasteiger charge is 2.13. The molecule has 20 heavy (non-hydrogen) atoms. The van der Waals surface area contributed by atoms with Crippen molar-refractivity contribution >= 4 is 5.69 Å². The lowest BCUT2D eigenvalue weighted by Crippen LogP contribution is -2.24. The maximum Gasteiger partial charge on any atom is 0.105 e. The first kappa shape index (κ1) is 14.7. The molecular weight excluding hydrogens is 248 g/mol. The molecule has 2 aromatic rings. The molecule has 0 radical (unpaired) electrons. The zero-order valence-electron chi connectivity index (χ0n) is 12.6. The van der Waals surface area contributed by atoms with Gasteiger partial charge in [0.05, 0.1) is 6.26 Å². The van der Waals surface area contributed by atoms with Crippen LogP contribution >= 0.6 is 0 Å². The Morgan fingerprint density at radius 2 is 1.90 bits per heavy atom. The predicted octanol–water partition coefficient (Wildman–Crippen LogP) is 3.63. The van der Waals surface area contributed by atoms with E-state index in [0.29, 0.717) is 6.04 Å². The summed E-state index contributed by atoms with van der Waals surface area (Å²) in [5.74, 6) is 1.02. The summed E-state index contributed by atoms with van der Waals surface area (Å²) in [5.41, 5.74) is 2.53. The molecule has 1 atom stereocenters. The molecule has 0 saturated heterocycles. The molecule has 0 spiro atoms. The summed E-state index contributed by atoms with van der Waals surface area (Å²) in [4.78, 5) is 2.12. The first-order chi connectivity index (χ1) is 9.70. The Labute approximate surface area is 121 Å². The number of benzene rings is 1. The van der Waals surface area contributed by atoms with Crippen molar-refractivity contribution in [2.45, 2.75) is 25.8 Å². The molecule has 108 valence electrons. The van der Waals surface area contributed by atoms with Crippen molar-refractivity contribution < 1.29 is 4.42 Å². The minimum absolute atomic E-state index is 0.303. The fraction of sp³-hybridized carbons (Fsp3) is 0.412. The molecule has 0 aliphatic heterocycles. The Balaban J connectivity index is 2.12. The van der Waals surface area contributed by atoms with E-state index in [1.807, 2.05) is 12.1 Å². The van der Waals surface area contributed by atoms with Gasteiger partial charge in [0.25, 0.3) is 0 Å². The van der Waals surface area contributed by atoms with Gasteiger partial charge in [-0.15, -0.1) is 0 Å². The van der Waals surface area contributed by atoms with Crippen LogP contribution in [0.25, 0.3) is 0 Å². The van der Waals surface area contributed by atoms with E-state index in [4.69, 9.17) is 4.42 Å². The highest BCUT2D eigenvalue weighted by molar-refractivity contribution is 5.46. The van der Waals surface area contributed by atoms with Gasteiger partial charge >= 0.3 is 0 Å². The molecule has 1 aromatic carbocycles. The van der Waals surface area contributed by atoms with Crippen LogP contribution in [0.15, 0.2) is 47.1 Å². The highest BCUT2D eigenvalue weighted by atomic mass is 16.3. The van der Waals surface area contributed by atoms with Crippen molar-refractivity contribution in [1.82, 2.24) is 5.32 Å². The summed E-state index contributed by atoms with van der Waals surface area (Å²) >= 11 is 0. The van der Waals surface area contributed by atoms with Crippen LogP contribution in [0.3, 0.4) is 0 Å². The van der Waals surface area contributed by atoms with Crippen LogP contribution in [-0.4, -0.2) is 20.6 Å². The number of furan rings is 1. The van der Waals surface area contributed by atoms with Gasteiger partial charge in [-0.25, -0.2) is 0 Å². The normalized spacial score (nSPS) is 12.3. The Morgan fingerprint density at radius 1 is 1.15 bits per heavy atom. The Kier molecular flexibility index (Phi) is 5.24. The second-order valence-corrected chi connectivity index (χ2v) is 5.28. The van der Waals surface area contributed by atoms with Crippen LogP contribution in [0.2, 0.25) is 0 Å². The minimum Gasteiger partial charge on any atom is -0.469 e. The summed E-state index contributed by atoms with van der Waals surface area (Å²) in [7, 11) is 4.12. The van der Waals surface area contributed by atoms with Crippen LogP contribution < -0.4 is 10.2 Å².